The van der Waals surface area contributed by atoms with Gasteiger partial charge in [-0.15, -0.1) is 21.5 Å². The van der Waals surface area contributed by atoms with Crippen LogP contribution in [0.5, 0.6) is 0 Å². The Hall–Kier alpha value is -1.66. The Morgan fingerprint density at radius 2 is 2.05 bits per heavy atom. The molecule has 0 saturated heterocycles. The molecule has 0 aliphatic carbocycles. The van der Waals surface area contributed by atoms with Crippen molar-refractivity contribution in [1.29, 1.82) is 0 Å². The highest BCUT2D eigenvalue weighted by molar-refractivity contribution is 7.98. The van der Waals surface area contributed by atoms with E-state index in [1.807, 2.05) is 24.4 Å². The van der Waals surface area contributed by atoms with Crippen molar-refractivity contribution in [1.82, 2.24) is 15.2 Å². The Balaban J connectivity index is 1.61. The number of benzene rings is 1. The number of aryl methyl sites for hydroxylation is 2. The zero-order valence-electron chi connectivity index (χ0n) is 11.9. The second-order valence-electron chi connectivity index (χ2n) is 4.71. The molecule has 0 spiro atoms. The molecule has 0 bridgehead atoms. The lowest BCUT2D eigenvalue weighted by atomic mass is 10.1. The quantitative estimate of drug-likeness (QED) is 0.665. The summed E-state index contributed by atoms with van der Waals surface area (Å²) in [5, 5.41) is 11.9. The molecule has 21 heavy (non-hydrogen) atoms. The van der Waals surface area contributed by atoms with Crippen LogP contribution in [0.4, 0.5) is 0 Å². The summed E-state index contributed by atoms with van der Waals surface area (Å²) in [6.07, 6.45) is 0.599. The first-order chi connectivity index (χ1) is 10.2. The monoisotopic (exact) mass is 317 g/mol. The fourth-order valence-corrected chi connectivity index (χ4v) is 3.39. The predicted molar refractivity (Wildman–Crippen MR) is 84.7 cm³/mol. The fraction of sp³-hybridized carbons (Fsp3) is 0.267. The molecule has 4 nitrogen and oxygen atoms in total. The van der Waals surface area contributed by atoms with E-state index in [9.17, 15) is 0 Å². The molecule has 0 amide bonds. The van der Waals surface area contributed by atoms with Gasteiger partial charge < -0.3 is 4.42 Å². The van der Waals surface area contributed by atoms with E-state index in [4.69, 9.17) is 4.42 Å². The van der Waals surface area contributed by atoms with Crippen LogP contribution < -0.4 is 0 Å². The molecule has 108 valence electrons. The number of hydrogen-bond acceptors (Lipinski definition) is 6. The van der Waals surface area contributed by atoms with Crippen LogP contribution >= 0.6 is 23.1 Å². The molecule has 0 aliphatic rings. The minimum absolute atomic E-state index is 0.599. The smallest absolute Gasteiger partial charge is 0.276 e. The summed E-state index contributed by atoms with van der Waals surface area (Å²) in [6.45, 7) is 4.10. The van der Waals surface area contributed by atoms with Crippen molar-refractivity contribution >= 4 is 23.1 Å². The lowest BCUT2D eigenvalue weighted by Gasteiger charge is -2.02. The van der Waals surface area contributed by atoms with Crippen molar-refractivity contribution in [2.24, 2.45) is 0 Å². The first-order valence-corrected chi connectivity index (χ1v) is 8.48. The van der Waals surface area contributed by atoms with Crippen LogP contribution in [0, 0.1) is 13.8 Å². The minimum Gasteiger partial charge on any atom is -0.416 e. The van der Waals surface area contributed by atoms with Gasteiger partial charge in [0, 0.05) is 11.1 Å². The molecule has 2 aromatic heterocycles. The molecule has 3 rings (SSSR count). The molecule has 6 heteroatoms. The van der Waals surface area contributed by atoms with E-state index in [2.05, 4.69) is 34.2 Å². The van der Waals surface area contributed by atoms with Gasteiger partial charge in [-0.3, -0.25) is 0 Å². The van der Waals surface area contributed by atoms with E-state index in [0.717, 1.165) is 16.5 Å². The number of thioether (sulfide) groups is 1. The highest BCUT2D eigenvalue weighted by Gasteiger charge is 2.10. The molecule has 0 radical (unpaired) electrons. The molecule has 0 aliphatic heterocycles. The summed E-state index contributed by atoms with van der Waals surface area (Å²) < 4.78 is 5.66. The summed E-state index contributed by atoms with van der Waals surface area (Å²) in [6, 6.07) is 8.33. The standard InChI is InChI=1S/C15H15N3OS2/c1-10-5-3-4-6-12(10)8-21-15-18-17-14(19-15)7-13-9-20-11(2)16-13/h3-6,9H,7-8H2,1-2H3. The molecular formula is C15H15N3OS2. The second kappa shape index (κ2) is 6.41. The summed E-state index contributed by atoms with van der Waals surface area (Å²) >= 11 is 3.20. The molecule has 0 atom stereocenters. The van der Waals surface area contributed by atoms with Crippen molar-refractivity contribution in [2.75, 3.05) is 0 Å². The normalized spacial score (nSPS) is 11.0. The molecule has 3 aromatic rings. The van der Waals surface area contributed by atoms with E-state index >= 15 is 0 Å². The van der Waals surface area contributed by atoms with Gasteiger partial charge in [0.25, 0.3) is 5.22 Å². The summed E-state index contributed by atoms with van der Waals surface area (Å²) in [4.78, 5) is 4.40. The summed E-state index contributed by atoms with van der Waals surface area (Å²) in [5.74, 6) is 1.46. The maximum Gasteiger partial charge on any atom is 0.276 e. The van der Waals surface area contributed by atoms with E-state index < -0.39 is 0 Å². The van der Waals surface area contributed by atoms with Gasteiger partial charge in [-0.2, -0.15) is 0 Å². The number of thiazole rings is 1. The molecule has 0 unspecified atom stereocenters. The van der Waals surface area contributed by atoms with Gasteiger partial charge in [0.1, 0.15) is 0 Å². The zero-order valence-corrected chi connectivity index (χ0v) is 13.5. The van der Waals surface area contributed by atoms with E-state index in [1.165, 1.54) is 11.1 Å². The molecule has 2 heterocycles. The fourth-order valence-electron chi connectivity index (χ4n) is 1.92. The van der Waals surface area contributed by atoms with Gasteiger partial charge in [-0.05, 0) is 25.0 Å². The highest BCUT2D eigenvalue weighted by atomic mass is 32.2. The van der Waals surface area contributed by atoms with Gasteiger partial charge in [0.05, 0.1) is 17.1 Å². The number of hydrogen-bond donors (Lipinski definition) is 0. The van der Waals surface area contributed by atoms with Crippen LogP contribution in [0.3, 0.4) is 0 Å². The first kappa shape index (κ1) is 14.3. The van der Waals surface area contributed by atoms with E-state index in [1.54, 1.807) is 23.1 Å². The van der Waals surface area contributed by atoms with Gasteiger partial charge in [-0.1, -0.05) is 36.0 Å². The van der Waals surface area contributed by atoms with Crippen molar-refractivity contribution in [3.05, 3.63) is 57.4 Å². The van der Waals surface area contributed by atoms with Crippen LogP contribution in [0.15, 0.2) is 39.3 Å². The van der Waals surface area contributed by atoms with E-state index in [-0.39, 0.29) is 0 Å². The van der Waals surface area contributed by atoms with Crippen molar-refractivity contribution in [3.8, 4) is 0 Å². The van der Waals surface area contributed by atoms with E-state index in [0.29, 0.717) is 17.5 Å². The second-order valence-corrected chi connectivity index (χ2v) is 6.70. The number of aromatic nitrogens is 3. The Bertz CT molecular complexity index is 736. The van der Waals surface area contributed by atoms with Crippen LogP contribution in [0.25, 0.3) is 0 Å². The SMILES string of the molecule is Cc1nc(Cc2nnc(SCc3ccccc3C)o2)cs1. The van der Waals surface area contributed by atoms with Crippen molar-refractivity contribution < 1.29 is 4.42 Å². The van der Waals surface area contributed by atoms with Crippen molar-refractivity contribution in [3.63, 3.8) is 0 Å². The average Bonchev–Trinajstić information content (AvgIpc) is 3.08. The Kier molecular flexibility index (Phi) is 4.36. The van der Waals surface area contributed by atoms with Gasteiger partial charge in [0.15, 0.2) is 0 Å². The average molecular weight is 317 g/mol. The highest BCUT2D eigenvalue weighted by Crippen LogP contribution is 2.23. The third-order valence-electron chi connectivity index (χ3n) is 3.06. The Labute approximate surface area is 131 Å². The topological polar surface area (TPSA) is 51.8 Å². The van der Waals surface area contributed by atoms with Crippen molar-refractivity contribution in [2.45, 2.75) is 31.2 Å². The van der Waals surface area contributed by atoms with Crippen LogP contribution in [-0.4, -0.2) is 15.2 Å². The lowest BCUT2D eigenvalue weighted by molar-refractivity contribution is 0.419. The molecular weight excluding hydrogens is 302 g/mol. The van der Waals surface area contributed by atoms with Crippen LogP contribution in [0.1, 0.15) is 27.7 Å². The largest absolute Gasteiger partial charge is 0.416 e. The first-order valence-electron chi connectivity index (χ1n) is 6.61. The minimum atomic E-state index is 0.599. The number of nitrogens with zero attached hydrogens (tertiary/aromatic N) is 3. The zero-order chi connectivity index (χ0) is 14.7. The maximum absolute atomic E-state index is 5.66. The van der Waals surface area contributed by atoms with Gasteiger partial charge in [-0.25, -0.2) is 4.98 Å². The molecule has 0 saturated carbocycles. The third kappa shape index (κ3) is 3.71. The predicted octanol–water partition coefficient (Wildman–Crippen LogP) is 4.03. The van der Waals surface area contributed by atoms with Crippen LogP contribution in [-0.2, 0) is 12.2 Å². The summed E-state index contributed by atoms with van der Waals surface area (Å²) in [7, 11) is 0. The molecule has 1 aromatic carbocycles. The molecule has 0 N–H and O–H groups in total. The van der Waals surface area contributed by atoms with Gasteiger partial charge in [0.2, 0.25) is 5.89 Å². The summed E-state index contributed by atoms with van der Waals surface area (Å²) in [5.41, 5.74) is 3.55. The van der Waals surface area contributed by atoms with Crippen LogP contribution in [0.2, 0.25) is 0 Å². The Morgan fingerprint density at radius 3 is 2.81 bits per heavy atom. The molecule has 0 fully saturated rings. The third-order valence-corrected chi connectivity index (χ3v) is 4.75. The lowest BCUT2D eigenvalue weighted by Crippen LogP contribution is -1.88. The number of rotatable bonds is 5. The Morgan fingerprint density at radius 1 is 1.19 bits per heavy atom. The maximum atomic E-state index is 5.66. The van der Waals surface area contributed by atoms with Gasteiger partial charge >= 0.3 is 0 Å².